The number of nitrogens with zero attached hydrogens (tertiary/aromatic N) is 3. The molecule has 6 nitrogen and oxygen atoms in total. The Morgan fingerprint density at radius 3 is 2.58 bits per heavy atom. The predicted octanol–water partition coefficient (Wildman–Crippen LogP) is 5.47. The maximum absolute atomic E-state index is 13.5. The number of pyridine rings is 1. The van der Waals surface area contributed by atoms with Gasteiger partial charge in [-0.2, -0.15) is 0 Å². The number of carbonyl (C=O) groups excluding carboxylic acids is 1. The van der Waals surface area contributed by atoms with Crippen molar-refractivity contribution in [3.05, 3.63) is 94.7 Å². The van der Waals surface area contributed by atoms with Crippen LogP contribution >= 0.6 is 0 Å². The molecular formula is C30H29N3O3. The lowest BCUT2D eigenvalue weighted by molar-refractivity contribution is -0.140. The molecule has 0 aliphatic carbocycles. The minimum absolute atomic E-state index is 0.122. The van der Waals surface area contributed by atoms with Crippen molar-refractivity contribution in [3.63, 3.8) is 0 Å². The van der Waals surface area contributed by atoms with Crippen molar-refractivity contribution in [2.24, 2.45) is 7.05 Å². The molecule has 0 saturated carbocycles. The Labute approximate surface area is 210 Å². The summed E-state index contributed by atoms with van der Waals surface area (Å²) in [6, 6.07) is 17.6. The summed E-state index contributed by atoms with van der Waals surface area (Å²) in [5, 5.41) is 10.6. The number of carboxylic acid groups (broad SMARTS) is 1. The quantitative estimate of drug-likeness (QED) is 0.385. The standard InChI is InChI=1S/C30H29N3O3/c1-19-16-22-13-15-33(26(18-28(35)36)25(22)17-20(19)2)27(34)12-11-23-24-10-7-14-31-30(24)32(3)29(23)21-8-5-4-6-9-21/h4-12,14,16-17,26H,13,15,18H2,1-3H3,(H,35,36)/b12-11+. The predicted molar refractivity (Wildman–Crippen MR) is 142 cm³/mol. The van der Waals surface area contributed by atoms with Gasteiger partial charge in [-0.3, -0.25) is 9.59 Å². The van der Waals surface area contributed by atoms with E-state index in [2.05, 4.69) is 18.0 Å². The van der Waals surface area contributed by atoms with E-state index in [1.807, 2.05) is 73.1 Å². The summed E-state index contributed by atoms with van der Waals surface area (Å²) in [5.41, 5.74) is 8.11. The van der Waals surface area contributed by atoms with Crippen molar-refractivity contribution in [1.82, 2.24) is 14.5 Å². The molecule has 1 unspecified atom stereocenters. The number of aromatic nitrogens is 2. The fourth-order valence-electron chi connectivity index (χ4n) is 5.29. The van der Waals surface area contributed by atoms with E-state index in [1.54, 1.807) is 17.2 Å². The summed E-state index contributed by atoms with van der Waals surface area (Å²) in [6.45, 7) is 4.57. The average Bonchev–Trinajstić information content (AvgIpc) is 3.15. The van der Waals surface area contributed by atoms with E-state index in [-0.39, 0.29) is 12.3 Å². The van der Waals surface area contributed by atoms with Crippen LogP contribution < -0.4 is 0 Å². The van der Waals surface area contributed by atoms with Gasteiger partial charge in [-0.15, -0.1) is 0 Å². The van der Waals surface area contributed by atoms with Crippen LogP contribution in [0.1, 0.15) is 40.3 Å². The normalized spacial score (nSPS) is 15.4. The Balaban J connectivity index is 1.55. The number of hydrogen-bond acceptors (Lipinski definition) is 3. The van der Waals surface area contributed by atoms with Crippen LogP contribution in [0.15, 0.2) is 66.9 Å². The summed E-state index contributed by atoms with van der Waals surface area (Å²) >= 11 is 0. The highest BCUT2D eigenvalue weighted by Crippen LogP contribution is 2.36. The molecule has 2 aromatic heterocycles. The van der Waals surface area contributed by atoms with Crippen LogP contribution in [0.5, 0.6) is 0 Å². The SMILES string of the molecule is Cc1cc2c(cc1C)C(CC(=O)O)N(C(=O)/C=C/c1c(-c3ccccc3)n(C)c3ncccc13)CC2. The minimum atomic E-state index is -0.917. The second-order valence-electron chi connectivity index (χ2n) is 9.43. The summed E-state index contributed by atoms with van der Waals surface area (Å²) in [4.78, 5) is 31.6. The number of carboxylic acids is 1. The first kappa shape index (κ1) is 23.5. The Kier molecular flexibility index (Phi) is 6.18. The van der Waals surface area contributed by atoms with E-state index in [0.717, 1.165) is 44.5 Å². The van der Waals surface area contributed by atoms with Crippen molar-refractivity contribution in [1.29, 1.82) is 0 Å². The molecule has 0 radical (unpaired) electrons. The number of aryl methyl sites for hydroxylation is 3. The first-order chi connectivity index (χ1) is 17.3. The first-order valence-corrected chi connectivity index (χ1v) is 12.1. The molecule has 36 heavy (non-hydrogen) atoms. The molecule has 1 N–H and O–H groups in total. The second kappa shape index (κ2) is 9.46. The fourth-order valence-corrected chi connectivity index (χ4v) is 5.29. The molecule has 4 aromatic rings. The highest BCUT2D eigenvalue weighted by Gasteiger charge is 2.32. The van der Waals surface area contributed by atoms with E-state index < -0.39 is 12.0 Å². The first-order valence-electron chi connectivity index (χ1n) is 12.1. The number of benzene rings is 2. The monoisotopic (exact) mass is 479 g/mol. The molecule has 182 valence electrons. The molecule has 1 amide bonds. The lowest BCUT2D eigenvalue weighted by atomic mass is 9.87. The molecule has 0 saturated heterocycles. The van der Waals surface area contributed by atoms with Crippen LogP contribution in [0.4, 0.5) is 0 Å². The lowest BCUT2D eigenvalue weighted by Gasteiger charge is -2.36. The van der Waals surface area contributed by atoms with E-state index in [4.69, 9.17) is 0 Å². The third-order valence-corrected chi connectivity index (χ3v) is 7.19. The lowest BCUT2D eigenvalue weighted by Crippen LogP contribution is -2.40. The molecule has 1 aliphatic heterocycles. The van der Waals surface area contributed by atoms with Gasteiger partial charge in [-0.25, -0.2) is 4.98 Å². The number of aliphatic carboxylic acids is 1. The van der Waals surface area contributed by atoms with Gasteiger partial charge in [0.2, 0.25) is 5.91 Å². The third kappa shape index (κ3) is 4.19. The van der Waals surface area contributed by atoms with Gasteiger partial charge in [0, 0.05) is 36.8 Å². The van der Waals surface area contributed by atoms with E-state index in [1.165, 1.54) is 5.56 Å². The van der Waals surface area contributed by atoms with Gasteiger partial charge in [0.15, 0.2) is 0 Å². The second-order valence-corrected chi connectivity index (χ2v) is 9.43. The molecule has 3 heterocycles. The van der Waals surface area contributed by atoms with E-state index >= 15 is 0 Å². The van der Waals surface area contributed by atoms with Crippen LogP contribution in [0, 0.1) is 13.8 Å². The Bertz CT molecular complexity index is 1500. The van der Waals surface area contributed by atoms with Crippen LogP contribution in [0.25, 0.3) is 28.4 Å². The van der Waals surface area contributed by atoms with Crippen molar-refractivity contribution in [3.8, 4) is 11.3 Å². The van der Waals surface area contributed by atoms with Crippen LogP contribution in [0.2, 0.25) is 0 Å². The number of rotatable bonds is 5. The van der Waals surface area contributed by atoms with Gasteiger partial charge in [-0.1, -0.05) is 42.5 Å². The number of hydrogen-bond donors (Lipinski definition) is 1. The zero-order valence-corrected chi connectivity index (χ0v) is 20.7. The zero-order valence-electron chi connectivity index (χ0n) is 20.7. The van der Waals surface area contributed by atoms with Gasteiger partial charge in [0.25, 0.3) is 0 Å². The number of amides is 1. The molecule has 6 heteroatoms. The Morgan fingerprint density at radius 1 is 1.08 bits per heavy atom. The van der Waals surface area contributed by atoms with Crippen LogP contribution in [-0.4, -0.2) is 38.0 Å². The highest BCUT2D eigenvalue weighted by molar-refractivity contribution is 6.00. The van der Waals surface area contributed by atoms with Crippen LogP contribution in [0.3, 0.4) is 0 Å². The Morgan fingerprint density at radius 2 is 1.83 bits per heavy atom. The topological polar surface area (TPSA) is 75.4 Å². The molecule has 5 rings (SSSR count). The van der Waals surface area contributed by atoms with Gasteiger partial charge in [0.1, 0.15) is 5.65 Å². The van der Waals surface area contributed by atoms with Gasteiger partial charge >= 0.3 is 5.97 Å². The van der Waals surface area contributed by atoms with Crippen LogP contribution in [-0.2, 0) is 23.1 Å². The van der Waals surface area contributed by atoms with Gasteiger partial charge in [0.05, 0.1) is 18.2 Å². The summed E-state index contributed by atoms with van der Waals surface area (Å²) in [5.74, 6) is -1.11. The maximum Gasteiger partial charge on any atom is 0.305 e. The number of fused-ring (bicyclic) bond motifs is 2. The molecule has 1 atom stereocenters. The minimum Gasteiger partial charge on any atom is -0.481 e. The molecule has 0 fully saturated rings. The molecular weight excluding hydrogens is 450 g/mol. The highest BCUT2D eigenvalue weighted by atomic mass is 16.4. The van der Waals surface area contributed by atoms with E-state index in [0.29, 0.717) is 13.0 Å². The zero-order chi connectivity index (χ0) is 25.4. The number of carbonyl (C=O) groups is 2. The summed E-state index contributed by atoms with van der Waals surface area (Å²) in [6.07, 6.45) is 5.78. The summed E-state index contributed by atoms with van der Waals surface area (Å²) < 4.78 is 2.05. The van der Waals surface area contributed by atoms with Crippen molar-refractivity contribution in [2.75, 3.05) is 6.54 Å². The Hall–Kier alpha value is -4.19. The molecule has 0 bridgehead atoms. The van der Waals surface area contributed by atoms with Crippen molar-refractivity contribution < 1.29 is 14.7 Å². The van der Waals surface area contributed by atoms with Crippen molar-refractivity contribution >= 4 is 29.0 Å². The van der Waals surface area contributed by atoms with Crippen molar-refractivity contribution in [2.45, 2.75) is 32.7 Å². The third-order valence-electron chi connectivity index (χ3n) is 7.19. The van der Waals surface area contributed by atoms with Gasteiger partial charge < -0.3 is 14.6 Å². The summed E-state index contributed by atoms with van der Waals surface area (Å²) in [7, 11) is 1.98. The smallest absolute Gasteiger partial charge is 0.305 e. The largest absolute Gasteiger partial charge is 0.481 e. The molecule has 0 spiro atoms. The van der Waals surface area contributed by atoms with E-state index in [9.17, 15) is 14.7 Å². The molecule has 1 aliphatic rings. The molecule has 2 aromatic carbocycles. The average molecular weight is 480 g/mol. The maximum atomic E-state index is 13.5. The fraction of sp³-hybridized carbons (Fsp3) is 0.233. The van der Waals surface area contributed by atoms with Gasteiger partial charge in [-0.05, 0) is 66.3 Å².